The van der Waals surface area contributed by atoms with Crippen LogP contribution in [-0.2, 0) is 9.59 Å². The van der Waals surface area contributed by atoms with Crippen molar-refractivity contribution in [1.29, 1.82) is 0 Å². The summed E-state index contributed by atoms with van der Waals surface area (Å²) in [5.41, 5.74) is 4.99. The van der Waals surface area contributed by atoms with Crippen LogP contribution in [0.1, 0.15) is 25.7 Å². The first-order valence-electron chi connectivity index (χ1n) is 6.04. The van der Waals surface area contributed by atoms with Crippen molar-refractivity contribution < 1.29 is 19.5 Å². The van der Waals surface area contributed by atoms with E-state index in [1.54, 1.807) is 0 Å². The number of nitrogens with two attached hydrogens (primary N) is 1. The summed E-state index contributed by atoms with van der Waals surface area (Å²) >= 11 is 0. The van der Waals surface area contributed by atoms with Crippen molar-refractivity contribution in [2.45, 2.75) is 25.7 Å². The van der Waals surface area contributed by atoms with E-state index in [0.717, 1.165) is 0 Å². The number of carboxylic acids is 1. The van der Waals surface area contributed by atoms with Crippen molar-refractivity contribution in [2.24, 2.45) is 11.7 Å². The smallest absolute Gasteiger partial charge is 0.317 e. The highest BCUT2D eigenvalue weighted by molar-refractivity contribution is 5.77. The van der Waals surface area contributed by atoms with Crippen molar-refractivity contribution in [2.75, 3.05) is 19.6 Å². The highest BCUT2D eigenvalue weighted by Crippen LogP contribution is 2.15. The number of hydrogen-bond donors (Lipinski definition) is 3. The molecule has 1 saturated heterocycles. The molecule has 0 aliphatic carbocycles. The Kier molecular flexibility index (Phi) is 5.41. The van der Waals surface area contributed by atoms with Gasteiger partial charge < -0.3 is 21.1 Å². The van der Waals surface area contributed by atoms with Crippen LogP contribution in [0.3, 0.4) is 0 Å². The molecule has 0 radical (unpaired) electrons. The maximum absolute atomic E-state index is 11.6. The average molecular weight is 257 g/mol. The van der Waals surface area contributed by atoms with E-state index in [9.17, 15) is 14.4 Å². The van der Waals surface area contributed by atoms with E-state index in [-0.39, 0.29) is 18.5 Å². The summed E-state index contributed by atoms with van der Waals surface area (Å²) in [5, 5.41) is 11.5. The molecule has 0 aromatic heterocycles. The first kappa shape index (κ1) is 14.3. The van der Waals surface area contributed by atoms with E-state index in [4.69, 9.17) is 10.8 Å². The predicted octanol–water partition coefficient (Wildman–Crippen LogP) is -0.242. The lowest BCUT2D eigenvalue weighted by Crippen LogP contribution is -2.39. The summed E-state index contributed by atoms with van der Waals surface area (Å²) < 4.78 is 0. The molecule has 0 aromatic carbocycles. The highest BCUT2D eigenvalue weighted by atomic mass is 16.4. The monoisotopic (exact) mass is 257 g/mol. The fraction of sp³-hybridized carbons (Fsp3) is 0.727. The Morgan fingerprint density at radius 1 is 1.33 bits per heavy atom. The van der Waals surface area contributed by atoms with Gasteiger partial charge in [0, 0.05) is 26.1 Å². The normalized spacial score (nSPS) is 18.7. The van der Waals surface area contributed by atoms with Gasteiger partial charge in [-0.25, -0.2) is 4.79 Å². The second kappa shape index (κ2) is 6.83. The molecular formula is C11H19N3O4. The van der Waals surface area contributed by atoms with Crippen LogP contribution < -0.4 is 11.1 Å². The van der Waals surface area contributed by atoms with E-state index in [0.29, 0.717) is 38.8 Å². The number of rotatable bonds is 6. The number of amides is 3. The van der Waals surface area contributed by atoms with Crippen LogP contribution in [0.25, 0.3) is 0 Å². The van der Waals surface area contributed by atoms with Crippen LogP contribution >= 0.6 is 0 Å². The fourth-order valence-corrected chi connectivity index (χ4v) is 1.88. The third kappa shape index (κ3) is 4.60. The first-order valence-corrected chi connectivity index (χ1v) is 6.04. The molecule has 0 spiro atoms. The van der Waals surface area contributed by atoms with Gasteiger partial charge in [-0.05, 0) is 19.3 Å². The number of urea groups is 1. The van der Waals surface area contributed by atoms with Gasteiger partial charge in [-0.15, -0.1) is 0 Å². The molecular weight excluding hydrogens is 238 g/mol. The number of carbonyl (C=O) groups is 3. The van der Waals surface area contributed by atoms with Crippen molar-refractivity contribution >= 4 is 17.9 Å². The van der Waals surface area contributed by atoms with Gasteiger partial charge in [0.15, 0.2) is 0 Å². The molecule has 7 heteroatoms. The Morgan fingerprint density at radius 3 is 2.61 bits per heavy atom. The number of unbranched alkanes of at least 4 members (excludes halogenated alkanes) is 1. The van der Waals surface area contributed by atoms with E-state index >= 15 is 0 Å². The number of hydrogen-bond acceptors (Lipinski definition) is 3. The molecule has 18 heavy (non-hydrogen) atoms. The molecule has 0 saturated carbocycles. The Hall–Kier alpha value is -1.79. The second-order valence-electron chi connectivity index (χ2n) is 4.43. The second-order valence-corrected chi connectivity index (χ2v) is 4.43. The van der Waals surface area contributed by atoms with Crippen LogP contribution in [0.2, 0.25) is 0 Å². The summed E-state index contributed by atoms with van der Waals surface area (Å²) in [4.78, 5) is 34.4. The zero-order chi connectivity index (χ0) is 13.5. The van der Waals surface area contributed by atoms with Crippen LogP contribution in [0.4, 0.5) is 4.79 Å². The number of primary amides is 1. The topological polar surface area (TPSA) is 113 Å². The predicted molar refractivity (Wildman–Crippen MR) is 63.8 cm³/mol. The molecule has 1 heterocycles. The minimum atomic E-state index is -0.855. The average Bonchev–Trinajstić information content (AvgIpc) is 2.77. The van der Waals surface area contributed by atoms with E-state index in [1.165, 1.54) is 4.90 Å². The third-order valence-electron chi connectivity index (χ3n) is 2.95. The van der Waals surface area contributed by atoms with Gasteiger partial charge in [-0.3, -0.25) is 9.59 Å². The number of carboxylic acid groups (broad SMARTS) is 1. The summed E-state index contributed by atoms with van der Waals surface area (Å²) in [6.07, 6.45) is 2.16. The Bertz CT molecular complexity index is 332. The number of nitrogens with one attached hydrogen (secondary N) is 1. The van der Waals surface area contributed by atoms with Crippen molar-refractivity contribution in [3.63, 3.8) is 0 Å². The molecule has 1 atom stereocenters. The lowest BCUT2D eigenvalue weighted by atomic mass is 10.1. The molecule has 1 aliphatic heterocycles. The van der Waals surface area contributed by atoms with E-state index in [2.05, 4.69) is 5.32 Å². The molecule has 102 valence electrons. The van der Waals surface area contributed by atoms with Crippen LogP contribution in [0, 0.1) is 5.92 Å². The minimum absolute atomic E-state index is 0.238. The van der Waals surface area contributed by atoms with Gasteiger partial charge in [0.05, 0.1) is 5.92 Å². The maximum Gasteiger partial charge on any atom is 0.317 e. The largest absolute Gasteiger partial charge is 0.481 e. The summed E-state index contributed by atoms with van der Waals surface area (Å²) in [7, 11) is 0. The molecule has 0 bridgehead atoms. The van der Waals surface area contributed by atoms with Crippen molar-refractivity contribution in [3.8, 4) is 0 Å². The summed E-state index contributed by atoms with van der Waals surface area (Å²) in [5.74, 6) is -1.65. The van der Waals surface area contributed by atoms with Crippen molar-refractivity contribution in [3.05, 3.63) is 0 Å². The number of nitrogens with zero attached hydrogens (tertiary/aromatic N) is 1. The van der Waals surface area contributed by atoms with Crippen LogP contribution in [0.5, 0.6) is 0 Å². The number of likely N-dealkylation sites (tertiary alicyclic amines) is 1. The van der Waals surface area contributed by atoms with Crippen molar-refractivity contribution in [1.82, 2.24) is 10.2 Å². The Labute approximate surface area is 105 Å². The van der Waals surface area contributed by atoms with Crippen LogP contribution in [-0.4, -0.2) is 47.5 Å². The highest BCUT2D eigenvalue weighted by Gasteiger charge is 2.30. The summed E-state index contributed by atoms with van der Waals surface area (Å²) in [6.45, 7) is 1.22. The molecule has 0 aromatic rings. The lowest BCUT2D eigenvalue weighted by molar-refractivity contribution is -0.141. The molecule has 3 amide bonds. The summed E-state index contributed by atoms with van der Waals surface area (Å²) in [6, 6.07) is -0.238. The van der Waals surface area contributed by atoms with E-state index in [1.807, 2.05) is 0 Å². The quantitative estimate of drug-likeness (QED) is 0.570. The minimum Gasteiger partial charge on any atom is -0.481 e. The molecule has 7 nitrogen and oxygen atoms in total. The first-order chi connectivity index (χ1) is 8.50. The standard InChI is InChI=1S/C11H19N3O4/c12-9(15)3-1-2-5-13-11(18)14-6-4-8(7-14)10(16)17/h8H,1-7H2,(H2,12,15)(H,13,18)(H,16,17). The molecule has 1 unspecified atom stereocenters. The molecule has 1 aliphatic rings. The van der Waals surface area contributed by atoms with Gasteiger partial charge >= 0.3 is 12.0 Å². The van der Waals surface area contributed by atoms with Crippen LogP contribution in [0.15, 0.2) is 0 Å². The Morgan fingerprint density at radius 2 is 2.06 bits per heavy atom. The number of carbonyl (C=O) groups excluding carboxylic acids is 2. The van der Waals surface area contributed by atoms with E-state index < -0.39 is 11.9 Å². The number of aliphatic carboxylic acids is 1. The zero-order valence-corrected chi connectivity index (χ0v) is 10.2. The lowest BCUT2D eigenvalue weighted by Gasteiger charge is -2.16. The maximum atomic E-state index is 11.6. The molecule has 1 rings (SSSR count). The third-order valence-corrected chi connectivity index (χ3v) is 2.95. The fourth-order valence-electron chi connectivity index (χ4n) is 1.88. The zero-order valence-electron chi connectivity index (χ0n) is 10.2. The van der Waals surface area contributed by atoms with Gasteiger partial charge in [0.25, 0.3) is 0 Å². The SMILES string of the molecule is NC(=O)CCCCNC(=O)N1CCC(C(=O)O)C1. The Balaban J connectivity index is 2.14. The molecule has 1 fully saturated rings. The van der Waals surface area contributed by atoms with Gasteiger partial charge in [0.1, 0.15) is 0 Å². The van der Waals surface area contributed by atoms with Gasteiger partial charge in [-0.1, -0.05) is 0 Å². The van der Waals surface area contributed by atoms with Gasteiger partial charge in [0.2, 0.25) is 5.91 Å². The molecule has 4 N–H and O–H groups in total. The van der Waals surface area contributed by atoms with Gasteiger partial charge in [-0.2, -0.15) is 0 Å².